The number of halogens is 3. The van der Waals surface area contributed by atoms with Crippen LogP contribution in [0.5, 0.6) is 0 Å². The first kappa shape index (κ1) is 27.2. The molecule has 0 aliphatic heterocycles. The molecule has 0 fully saturated rings. The Labute approximate surface area is 211 Å². The molecule has 0 aromatic carbocycles. The van der Waals surface area contributed by atoms with E-state index in [1.807, 2.05) is 0 Å². The van der Waals surface area contributed by atoms with Crippen LogP contribution in [0, 0.1) is 0 Å². The zero-order valence-corrected chi connectivity index (χ0v) is 20.2. The van der Waals surface area contributed by atoms with Crippen molar-refractivity contribution in [1.29, 1.82) is 0 Å². The van der Waals surface area contributed by atoms with E-state index < -0.39 is 41.9 Å². The predicted molar refractivity (Wildman–Crippen MR) is 127 cm³/mol. The second-order valence-corrected chi connectivity index (χ2v) is 8.34. The van der Waals surface area contributed by atoms with Crippen LogP contribution in [0.3, 0.4) is 0 Å². The van der Waals surface area contributed by atoms with E-state index in [0.717, 1.165) is 16.7 Å². The number of nitrogens with zero attached hydrogens (tertiary/aromatic N) is 3. The Balaban J connectivity index is 1.97. The summed E-state index contributed by atoms with van der Waals surface area (Å²) in [5.41, 5.74) is 3.97. The summed E-state index contributed by atoms with van der Waals surface area (Å²) in [6, 6.07) is 2.18. The van der Waals surface area contributed by atoms with Crippen molar-refractivity contribution in [2.75, 3.05) is 11.9 Å². The zero-order chi connectivity index (χ0) is 27.2. The van der Waals surface area contributed by atoms with E-state index in [9.17, 15) is 32.3 Å². The number of hydrazine groups is 1. The number of aromatic nitrogens is 3. The number of Topliss-reactive ketones (excluding diaryl/α,β-unsaturated/α-hetero) is 1. The summed E-state index contributed by atoms with van der Waals surface area (Å²) in [7, 11) is 0. The fourth-order valence-electron chi connectivity index (χ4n) is 2.96. The van der Waals surface area contributed by atoms with Gasteiger partial charge in [-0.2, -0.15) is 13.2 Å². The smallest absolute Gasteiger partial charge is 0.338 e. The lowest BCUT2D eigenvalue weighted by atomic mass is 10.0. The first-order chi connectivity index (χ1) is 17.5. The molecule has 0 aliphatic rings. The van der Waals surface area contributed by atoms with Gasteiger partial charge >= 0.3 is 12.2 Å². The highest BCUT2D eigenvalue weighted by Gasteiger charge is 2.34. The summed E-state index contributed by atoms with van der Waals surface area (Å²) in [5, 5.41) is 5.87. The van der Waals surface area contributed by atoms with Gasteiger partial charge in [0, 0.05) is 47.2 Å². The standard InChI is InChI=1S/C22H20F3N7O4S/c1-3-27-21(36)30-17-6-14(20-29-16(10-37-20)22(23,24)25)15(9-28-17)12-5-13(8-26-7-12)19(35)32-31-18(34)4-11(2)33/h5-10H,3-4H2,1-2H3,(H,31,34)(H,32,35)(H2,27,28,30,36). The number of hydrogen-bond acceptors (Lipinski definition) is 8. The number of rotatable bonds is 7. The number of pyridine rings is 2. The molecule has 194 valence electrons. The number of thiazole rings is 1. The van der Waals surface area contributed by atoms with Gasteiger partial charge < -0.3 is 5.32 Å². The first-order valence-corrected chi connectivity index (χ1v) is 11.5. The van der Waals surface area contributed by atoms with Gasteiger partial charge in [0.05, 0.1) is 12.0 Å². The van der Waals surface area contributed by atoms with Gasteiger partial charge in [0.1, 0.15) is 16.6 Å². The highest BCUT2D eigenvalue weighted by Crippen LogP contribution is 2.38. The van der Waals surface area contributed by atoms with Crippen molar-refractivity contribution in [2.24, 2.45) is 0 Å². The Morgan fingerprint density at radius 1 is 1.03 bits per heavy atom. The molecule has 0 saturated heterocycles. The second-order valence-electron chi connectivity index (χ2n) is 7.48. The molecule has 0 spiro atoms. The van der Waals surface area contributed by atoms with Crippen LogP contribution < -0.4 is 21.5 Å². The fourth-order valence-corrected chi connectivity index (χ4v) is 3.82. The number of ketones is 1. The van der Waals surface area contributed by atoms with Gasteiger partial charge in [-0.1, -0.05) is 0 Å². The lowest BCUT2D eigenvalue weighted by Gasteiger charge is -2.12. The molecule has 0 atom stereocenters. The molecule has 0 unspecified atom stereocenters. The number of amides is 4. The van der Waals surface area contributed by atoms with Gasteiger partial charge in [0.15, 0.2) is 5.69 Å². The van der Waals surface area contributed by atoms with Crippen LogP contribution in [0.1, 0.15) is 36.3 Å². The summed E-state index contributed by atoms with van der Waals surface area (Å²) in [6.45, 7) is 3.27. The fraction of sp³-hybridized carbons (Fsp3) is 0.227. The van der Waals surface area contributed by atoms with Crippen molar-refractivity contribution >= 4 is 40.8 Å². The molecule has 3 rings (SSSR count). The molecule has 0 bridgehead atoms. The number of alkyl halides is 3. The summed E-state index contributed by atoms with van der Waals surface area (Å²) in [6.07, 6.45) is -1.20. The van der Waals surface area contributed by atoms with Crippen molar-refractivity contribution in [3.63, 3.8) is 0 Å². The number of carbonyl (C=O) groups is 4. The molecule has 11 nitrogen and oxygen atoms in total. The minimum atomic E-state index is -4.66. The van der Waals surface area contributed by atoms with Crippen molar-refractivity contribution in [2.45, 2.75) is 26.4 Å². The molecule has 4 N–H and O–H groups in total. The summed E-state index contributed by atoms with van der Waals surface area (Å²) in [4.78, 5) is 58.8. The SMILES string of the molecule is CCNC(=O)Nc1cc(-c2nc(C(F)(F)F)cs2)c(-c2cncc(C(=O)NNC(=O)CC(C)=O)c2)cn1. The molecule has 0 saturated carbocycles. The quantitative estimate of drug-likeness (QED) is 0.268. The van der Waals surface area contributed by atoms with Crippen LogP contribution in [0.25, 0.3) is 21.7 Å². The molecule has 15 heteroatoms. The van der Waals surface area contributed by atoms with Crippen LogP contribution >= 0.6 is 11.3 Å². The third-order valence-electron chi connectivity index (χ3n) is 4.54. The molecule has 0 aliphatic carbocycles. The maximum absolute atomic E-state index is 13.2. The Bertz CT molecular complexity index is 1340. The minimum absolute atomic E-state index is 0.00461. The Kier molecular flexibility index (Phi) is 8.49. The third kappa shape index (κ3) is 7.30. The van der Waals surface area contributed by atoms with Gasteiger partial charge in [-0.25, -0.2) is 14.8 Å². The van der Waals surface area contributed by atoms with Gasteiger partial charge in [-0.15, -0.1) is 11.3 Å². The second kappa shape index (κ2) is 11.6. The predicted octanol–water partition coefficient (Wildman–Crippen LogP) is 3.17. The molecular weight excluding hydrogens is 515 g/mol. The van der Waals surface area contributed by atoms with E-state index >= 15 is 0 Å². The van der Waals surface area contributed by atoms with Gasteiger partial charge in [0.2, 0.25) is 5.91 Å². The average Bonchev–Trinajstić information content (AvgIpc) is 3.33. The van der Waals surface area contributed by atoms with Crippen molar-refractivity contribution in [1.82, 2.24) is 31.1 Å². The van der Waals surface area contributed by atoms with Crippen LogP contribution in [-0.4, -0.2) is 45.1 Å². The van der Waals surface area contributed by atoms with Crippen molar-refractivity contribution < 1.29 is 32.3 Å². The number of anilines is 1. The highest BCUT2D eigenvalue weighted by molar-refractivity contribution is 7.13. The third-order valence-corrected chi connectivity index (χ3v) is 5.42. The van der Waals surface area contributed by atoms with Gasteiger partial charge in [-0.3, -0.25) is 35.5 Å². The van der Waals surface area contributed by atoms with E-state index in [4.69, 9.17) is 0 Å². The van der Waals surface area contributed by atoms with E-state index in [1.165, 1.54) is 37.6 Å². The number of urea groups is 1. The van der Waals surface area contributed by atoms with Crippen LogP contribution in [0.15, 0.2) is 36.1 Å². The van der Waals surface area contributed by atoms with E-state index in [0.29, 0.717) is 12.1 Å². The van der Waals surface area contributed by atoms with Crippen molar-refractivity contribution in [3.05, 3.63) is 47.4 Å². The molecule has 4 amide bonds. The van der Waals surface area contributed by atoms with Crippen LogP contribution in [-0.2, 0) is 15.8 Å². The van der Waals surface area contributed by atoms with Crippen LogP contribution in [0.4, 0.5) is 23.8 Å². The average molecular weight is 536 g/mol. The molecule has 3 aromatic heterocycles. The Morgan fingerprint density at radius 2 is 1.78 bits per heavy atom. The minimum Gasteiger partial charge on any atom is -0.338 e. The molecule has 3 heterocycles. The monoisotopic (exact) mass is 535 g/mol. The largest absolute Gasteiger partial charge is 0.434 e. The van der Waals surface area contributed by atoms with Crippen LogP contribution in [0.2, 0.25) is 0 Å². The molecule has 37 heavy (non-hydrogen) atoms. The molecule has 0 radical (unpaired) electrons. The number of nitrogens with one attached hydrogen (secondary N) is 4. The normalized spacial score (nSPS) is 10.9. The van der Waals surface area contributed by atoms with Gasteiger partial charge in [0.25, 0.3) is 5.91 Å². The lowest BCUT2D eigenvalue weighted by Crippen LogP contribution is -2.42. The zero-order valence-electron chi connectivity index (χ0n) is 19.4. The molecule has 3 aromatic rings. The topological polar surface area (TPSA) is 155 Å². The maximum atomic E-state index is 13.2. The first-order valence-electron chi connectivity index (χ1n) is 10.6. The highest BCUT2D eigenvalue weighted by atomic mass is 32.1. The summed E-state index contributed by atoms with van der Waals surface area (Å²) < 4.78 is 39.5. The Hall–Kier alpha value is -4.40. The number of carbonyl (C=O) groups excluding carboxylic acids is 4. The van der Waals surface area contributed by atoms with Crippen molar-refractivity contribution in [3.8, 4) is 21.7 Å². The maximum Gasteiger partial charge on any atom is 0.434 e. The van der Waals surface area contributed by atoms with E-state index in [-0.39, 0.29) is 27.5 Å². The summed E-state index contributed by atoms with van der Waals surface area (Å²) in [5.74, 6) is -1.79. The van der Waals surface area contributed by atoms with E-state index in [1.54, 1.807) is 6.92 Å². The Morgan fingerprint density at radius 3 is 2.43 bits per heavy atom. The van der Waals surface area contributed by atoms with E-state index in [2.05, 4.69) is 36.4 Å². The summed E-state index contributed by atoms with van der Waals surface area (Å²) >= 11 is 0.741. The van der Waals surface area contributed by atoms with Gasteiger partial charge in [-0.05, 0) is 26.0 Å². The number of hydrogen-bond donors (Lipinski definition) is 4. The lowest BCUT2D eigenvalue weighted by molar-refractivity contribution is -0.140. The molecular formula is C22H20F3N7O4S.